The zero-order chi connectivity index (χ0) is 8.10. The van der Waals surface area contributed by atoms with E-state index < -0.39 is 0 Å². The number of rotatable bonds is 1. The van der Waals surface area contributed by atoms with Gasteiger partial charge < -0.3 is 0 Å². The van der Waals surface area contributed by atoms with E-state index in [-0.39, 0.29) is 0 Å². The molecule has 1 unspecified atom stereocenters. The highest BCUT2D eigenvalue weighted by Gasteiger charge is 2.09. The maximum atomic E-state index is 2.43. The lowest BCUT2D eigenvalue weighted by molar-refractivity contribution is 0.507. The third-order valence-corrected chi connectivity index (χ3v) is 2.65. The normalized spacial score (nSPS) is 30.4. The molecule has 0 aromatic rings. The van der Waals surface area contributed by atoms with Gasteiger partial charge in [-0.15, -0.1) is 0 Å². The summed E-state index contributed by atoms with van der Waals surface area (Å²) in [5, 5.41) is 0. The van der Waals surface area contributed by atoms with Crippen LogP contribution in [0.4, 0.5) is 0 Å². The van der Waals surface area contributed by atoms with Crippen molar-refractivity contribution in [3.8, 4) is 0 Å². The fourth-order valence-electron chi connectivity index (χ4n) is 1.87. The lowest BCUT2D eigenvalue weighted by Gasteiger charge is -2.03. The molecular weight excluding hydrogens is 132 g/mol. The summed E-state index contributed by atoms with van der Waals surface area (Å²) in [6.45, 7) is 4.62. The molecule has 0 heteroatoms. The molecule has 1 rings (SSSR count). The molecule has 0 heterocycles. The summed E-state index contributed by atoms with van der Waals surface area (Å²) < 4.78 is 0. The molecule has 0 N–H and O–H groups in total. The van der Waals surface area contributed by atoms with Crippen molar-refractivity contribution in [3.05, 3.63) is 11.6 Å². The highest BCUT2D eigenvalue weighted by molar-refractivity contribution is 5.02. The maximum Gasteiger partial charge on any atom is -0.0318 e. The topological polar surface area (TPSA) is 0 Å². The van der Waals surface area contributed by atoms with Gasteiger partial charge in [-0.2, -0.15) is 0 Å². The van der Waals surface area contributed by atoms with E-state index in [0.717, 1.165) is 5.92 Å². The summed E-state index contributed by atoms with van der Waals surface area (Å²) in [7, 11) is 0. The molecular formula is C11H20. The molecule has 0 nitrogen and oxygen atoms in total. The Morgan fingerprint density at radius 1 is 1.36 bits per heavy atom. The first kappa shape index (κ1) is 8.83. The van der Waals surface area contributed by atoms with E-state index in [2.05, 4.69) is 19.9 Å². The zero-order valence-corrected chi connectivity index (χ0v) is 7.90. The predicted molar refractivity (Wildman–Crippen MR) is 50.6 cm³/mol. The van der Waals surface area contributed by atoms with Crippen LogP contribution in [0.25, 0.3) is 0 Å². The molecule has 0 aromatic heterocycles. The molecule has 0 bridgehead atoms. The standard InChI is InChI=1S/C11H20/c1-3-5-11-7-4-6-10(2)8-9-11/h5,10H,3-4,6-9H2,1-2H3/b11-5-. The van der Waals surface area contributed by atoms with Gasteiger partial charge in [-0.25, -0.2) is 0 Å². The molecule has 1 aliphatic rings. The van der Waals surface area contributed by atoms with Crippen LogP contribution in [0, 0.1) is 5.92 Å². The van der Waals surface area contributed by atoms with E-state index in [4.69, 9.17) is 0 Å². The summed E-state index contributed by atoms with van der Waals surface area (Å²) in [6.07, 6.45) is 10.7. The Balaban J connectivity index is 2.40. The van der Waals surface area contributed by atoms with Crippen molar-refractivity contribution in [1.29, 1.82) is 0 Å². The minimum absolute atomic E-state index is 0.970. The molecule has 0 aromatic carbocycles. The minimum atomic E-state index is 0.970. The van der Waals surface area contributed by atoms with Crippen LogP contribution in [0.3, 0.4) is 0 Å². The van der Waals surface area contributed by atoms with Gasteiger partial charge in [-0.3, -0.25) is 0 Å². The molecule has 64 valence electrons. The second kappa shape index (κ2) is 4.58. The van der Waals surface area contributed by atoms with Gasteiger partial charge in [-0.05, 0) is 38.0 Å². The average molecular weight is 152 g/mol. The second-order valence-corrected chi connectivity index (χ2v) is 3.81. The van der Waals surface area contributed by atoms with Gasteiger partial charge in [0.15, 0.2) is 0 Å². The molecule has 0 spiro atoms. The van der Waals surface area contributed by atoms with Crippen LogP contribution in [-0.4, -0.2) is 0 Å². The van der Waals surface area contributed by atoms with E-state index in [0.29, 0.717) is 0 Å². The van der Waals surface area contributed by atoms with Gasteiger partial charge in [0, 0.05) is 0 Å². The molecule has 1 atom stereocenters. The van der Waals surface area contributed by atoms with Gasteiger partial charge in [0.1, 0.15) is 0 Å². The maximum absolute atomic E-state index is 2.43. The summed E-state index contributed by atoms with van der Waals surface area (Å²) >= 11 is 0. The summed E-state index contributed by atoms with van der Waals surface area (Å²) in [4.78, 5) is 0. The minimum Gasteiger partial charge on any atom is -0.0856 e. The molecule has 0 amide bonds. The Morgan fingerprint density at radius 3 is 2.91 bits per heavy atom. The molecule has 0 radical (unpaired) electrons. The van der Waals surface area contributed by atoms with Crippen molar-refractivity contribution in [3.63, 3.8) is 0 Å². The highest BCUT2D eigenvalue weighted by atomic mass is 14.1. The molecule has 1 aliphatic carbocycles. The van der Waals surface area contributed by atoms with E-state index in [1.165, 1.54) is 38.5 Å². The summed E-state index contributed by atoms with van der Waals surface area (Å²) in [6, 6.07) is 0. The van der Waals surface area contributed by atoms with E-state index in [1.54, 1.807) is 5.57 Å². The van der Waals surface area contributed by atoms with Crippen LogP contribution in [0.5, 0.6) is 0 Å². The molecule has 11 heavy (non-hydrogen) atoms. The largest absolute Gasteiger partial charge is 0.0856 e. The van der Waals surface area contributed by atoms with Gasteiger partial charge >= 0.3 is 0 Å². The predicted octanol–water partition coefficient (Wildman–Crippen LogP) is 3.92. The van der Waals surface area contributed by atoms with E-state index in [1.807, 2.05) is 0 Å². The Kier molecular flexibility index (Phi) is 3.68. The number of allylic oxidation sites excluding steroid dienone is 2. The average Bonchev–Trinajstić information content (AvgIpc) is 2.17. The molecule has 1 fully saturated rings. The van der Waals surface area contributed by atoms with E-state index >= 15 is 0 Å². The van der Waals surface area contributed by atoms with Crippen LogP contribution in [0.15, 0.2) is 11.6 Å². The lowest BCUT2D eigenvalue weighted by Crippen LogP contribution is -1.89. The zero-order valence-electron chi connectivity index (χ0n) is 7.90. The first-order valence-electron chi connectivity index (χ1n) is 5.00. The summed E-state index contributed by atoms with van der Waals surface area (Å²) in [5.74, 6) is 0.970. The number of hydrogen-bond donors (Lipinski definition) is 0. The Bertz CT molecular complexity index is 133. The second-order valence-electron chi connectivity index (χ2n) is 3.81. The van der Waals surface area contributed by atoms with Crippen molar-refractivity contribution in [2.45, 2.75) is 52.4 Å². The lowest BCUT2D eigenvalue weighted by atomic mass is 10.0. The number of hydrogen-bond acceptors (Lipinski definition) is 0. The van der Waals surface area contributed by atoms with Crippen LogP contribution >= 0.6 is 0 Å². The van der Waals surface area contributed by atoms with Crippen LogP contribution in [-0.2, 0) is 0 Å². The smallest absolute Gasteiger partial charge is 0.0318 e. The third-order valence-electron chi connectivity index (χ3n) is 2.65. The van der Waals surface area contributed by atoms with Crippen molar-refractivity contribution in [1.82, 2.24) is 0 Å². The monoisotopic (exact) mass is 152 g/mol. The first-order valence-corrected chi connectivity index (χ1v) is 5.00. The fourth-order valence-corrected chi connectivity index (χ4v) is 1.87. The van der Waals surface area contributed by atoms with E-state index in [9.17, 15) is 0 Å². The van der Waals surface area contributed by atoms with Gasteiger partial charge in [0.2, 0.25) is 0 Å². The van der Waals surface area contributed by atoms with Crippen LogP contribution in [0.2, 0.25) is 0 Å². The van der Waals surface area contributed by atoms with Crippen molar-refractivity contribution in [2.75, 3.05) is 0 Å². The van der Waals surface area contributed by atoms with Crippen LogP contribution in [0.1, 0.15) is 52.4 Å². The van der Waals surface area contributed by atoms with Gasteiger partial charge in [0.25, 0.3) is 0 Å². The Hall–Kier alpha value is -0.260. The SMILES string of the molecule is CC/C=C1/CCCC(C)CC1. The van der Waals surface area contributed by atoms with Gasteiger partial charge in [-0.1, -0.05) is 31.9 Å². The summed E-state index contributed by atoms with van der Waals surface area (Å²) in [5.41, 5.74) is 1.72. The Morgan fingerprint density at radius 2 is 2.18 bits per heavy atom. The van der Waals surface area contributed by atoms with Crippen molar-refractivity contribution >= 4 is 0 Å². The van der Waals surface area contributed by atoms with Crippen molar-refractivity contribution in [2.24, 2.45) is 5.92 Å². The van der Waals surface area contributed by atoms with Gasteiger partial charge in [0.05, 0.1) is 0 Å². The van der Waals surface area contributed by atoms with Crippen molar-refractivity contribution < 1.29 is 0 Å². The molecule has 0 aliphatic heterocycles. The molecule has 0 saturated heterocycles. The van der Waals surface area contributed by atoms with Crippen LogP contribution < -0.4 is 0 Å². The Labute approximate surface area is 70.7 Å². The molecule has 1 saturated carbocycles. The highest BCUT2D eigenvalue weighted by Crippen LogP contribution is 2.26. The fraction of sp³-hybridized carbons (Fsp3) is 0.818. The third kappa shape index (κ3) is 3.09. The first-order chi connectivity index (χ1) is 5.33. The quantitative estimate of drug-likeness (QED) is 0.394.